The Morgan fingerprint density at radius 1 is 0.652 bits per heavy atom. The Bertz CT molecular complexity index is 2480. The van der Waals surface area contributed by atoms with Crippen LogP contribution in [0.4, 0.5) is 40.3 Å². The van der Waals surface area contributed by atoms with Gasteiger partial charge in [-0.25, -0.2) is 35.2 Å². The van der Waals surface area contributed by atoms with Gasteiger partial charge < -0.3 is 29.5 Å². The first-order chi connectivity index (χ1) is 31.3. The Hall–Kier alpha value is -5.18. The molecule has 0 saturated heterocycles. The molecule has 0 bridgehead atoms. The normalized spacial score (nSPS) is 17.9. The van der Waals surface area contributed by atoms with E-state index in [1.165, 1.54) is 59.9 Å². The molecule has 4 aromatic carbocycles. The van der Waals surface area contributed by atoms with E-state index in [1.54, 1.807) is 48.9 Å². The lowest BCUT2D eigenvalue weighted by molar-refractivity contribution is -0.135. The lowest BCUT2D eigenvalue weighted by atomic mass is 10.0. The molecule has 4 aromatic rings. The van der Waals surface area contributed by atoms with Crippen LogP contribution in [0.3, 0.4) is 0 Å². The first-order valence-corrected chi connectivity index (χ1v) is 26.5. The molecule has 0 saturated carbocycles. The lowest BCUT2D eigenvalue weighted by Crippen LogP contribution is -2.26. The molecule has 0 aliphatic carbocycles. The zero-order valence-corrected chi connectivity index (χ0v) is 39.8. The highest BCUT2D eigenvalue weighted by atomic mass is 32.2. The van der Waals surface area contributed by atoms with E-state index in [2.05, 4.69) is 0 Å². The van der Waals surface area contributed by atoms with Crippen LogP contribution in [0, 0.1) is 23.5 Å². The maximum Gasteiger partial charge on any atom is 0.368 e. The van der Waals surface area contributed by atoms with Gasteiger partial charge in [0.05, 0.1) is 42.5 Å². The average molecular weight is 995 g/mol. The summed E-state index contributed by atoms with van der Waals surface area (Å²) in [4.78, 5) is 26.2. The molecule has 0 fully saturated rings. The molecule has 0 aromatic heterocycles. The number of rotatable bonds is 16. The fraction of sp³-hybridized carbons (Fsp3) is 0.348. The number of carboxylic acid groups (broad SMARTS) is 2. The van der Waals surface area contributed by atoms with Crippen LogP contribution < -0.4 is 19.3 Å². The summed E-state index contributed by atoms with van der Waals surface area (Å²) < 4.78 is 118. The topological polar surface area (TPSA) is 168 Å². The van der Waals surface area contributed by atoms with Crippen molar-refractivity contribution in [2.45, 2.75) is 72.0 Å². The van der Waals surface area contributed by atoms with Gasteiger partial charge in [-0.15, -0.1) is 23.5 Å². The smallest absolute Gasteiger partial charge is 0.368 e. The molecule has 12 nitrogen and oxygen atoms in total. The molecule has 0 spiro atoms. The van der Waals surface area contributed by atoms with Crippen LogP contribution in [-0.4, -0.2) is 76.1 Å². The van der Waals surface area contributed by atoms with Crippen LogP contribution in [0.25, 0.3) is 0 Å². The van der Waals surface area contributed by atoms with Crippen molar-refractivity contribution in [2.24, 2.45) is 11.8 Å². The Kier molecular flexibility index (Phi) is 18.1. The zero-order chi connectivity index (χ0) is 48.3. The minimum Gasteiger partial charge on any atom is -0.476 e. The van der Waals surface area contributed by atoms with Gasteiger partial charge in [-0.2, -0.15) is 8.78 Å². The van der Waals surface area contributed by atoms with Crippen LogP contribution in [-0.2, 0) is 29.3 Å². The third-order valence-corrected chi connectivity index (χ3v) is 16.1. The Morgan fingerprint density at radius 2 is 1.00 bits per heavy atom. The molecule has 2 heterocycles. The largest absolute Gasteiger partial charge is 0.476 e. The number of aliphatic carboxylic acids is 2. The fourth-order valence-electron chi connectivity index (χ4n) is 7.50. The standard InChI is InChI=1S/2C23H25F2NO5S2/c2*1-3-4-5-15-12-26(17-8-6-16(24)7-9-17)19-10-21(32-2)20(31-13-18(25)23(27)28)11-22(19)33(29,30)14-15/h2*6-11,13,15H,3-5,12,14H2,1-2H3,(H,27,28)/b2*18-13-/t2*15-/m10/s1. The molecule has 20 heteroatoms. The van der Waals surface area contributed by atoms with Crippen molar-refractivity contribution in [3.8, 4) is 11.5 Å². The van der Waals surface area contributed by atoms with Gasteiger partial charge in [-0.3, -0.25) is 0 Å². The molecule has 6 rings (SSSR count). The van der Waals surface area contributed by atoms with E-state index in [4.69, 9.17) is 19.7 Å². The third kappa shape index (κ3) is 13.0. The maximum absolute atomic E-state index is 13.6. The minimum absolute atomic E-state index is 0.00255. The van der Waals surface area contributed by atoms with Crippen LogP contribution in [0.1, 0.15) is 52.4 Å². The Labute approximate surface area is 390 Å². The highest BCUT2D eigenvalue weighted by Gasteiger charge is 2.35. The molecule has 356 valence electrons. The van der Waals surface area contributed by atoms with Crippen molar-refractivity contribution < 1.29 is 63.7 Å². The number of unbranched alkanes of at least 4 members (excludes halogenated alkanes) is 2. The van der Waals surface area contributed by atoms with Crippen molar-refractivity contribution >= 4 is 77.9 Å². The molecule has 66 heavy (non-hydrogen) atoms. The molecule has 2 aliphatic heterocycles. The number of hydrogen-bond donors (Lipinski definition) is 2. The maximum atomic E-state index is 13.6. The highest BCUT2D eigenvalue weighted by molar-refractivity contribution is 7.99. The molecule has 0 unspecified atom stereocenters. The molecule has 0 radical (unpaired) electrons. The summed E-state index contributed by atoms with van der Waals surface area (Å²) in [7, 11) is -7.49. The Balaban J connectivity index is 0.000000247. The number of carboxylic acids is 2. The summed E-state index contributed by atoms with van der Waals surface area (Å²) in [5.41, 5.74) is 2.13. The van der Waals surface area contributed by atoms with Crippen molar-refractivity contribution in [1.29, 1.82) is 0 Å². The van der Waals surface area contributed by atoms with Gasteiger partial charge >= 0.3 is 11.9 Å². The summed E-state index contributed by atoms with van der Waals surface area (Å²) >= 11 is 2.49. The second-order valence-corrected chi connectivity index (χ2v) is 21.2. The summed E-state index contributed by atoms with van der Waals surface area (Å²) in [5.74, 6) is -7.77. The van der Waals surface area contributed by atoms with Crippen molar-refractivity contribution in [1.82, 2.24) is 0 Å². The first kappa shape index (κ1) is 51.8. The number of halogens is 4. The monoisotopic (exact) mass is 994 g/mol. The zero-order valence-electron chi connectivity index (χ0n) is 36.5. The Morgan fingerprint density at radius 3 is 1.30 bits per heavy atom. The SMILES string of the molecule is CCCC[C@@H]1CN(c2ccc(F)cc2)c2cc(SC)c(O/C=C(\F)C(=O)O)cc2S(=O)(=O)C1.CCCC[C@H]1CN(c2ccc(F)cc2)c2cc(SC)c(O/C=C(\F)C(=O)O)cc2S(=O)(=O)C1. The van der Waals surface area contributed by atoms with E-state index in [0.717, 1.165) is 25.7 Å². The number of hydrogen-bond acceptors (Lipinski definition) is 12. The number of benzene rings is 4. The second-order valence-electron chi connectivity index (χ2n) is 15.5. The van der Waals surface area contributed by atoms with Gasteiger partial charge in [-0.05, 0) is 97.9 Å². The van der Waals surface area contributed by atoms with Gasteiger partial charge in [0.15, 0.2) is 19.7 Å². The second kappa shape index (κ2) is 23.0. The fourth-order valence-corrected chi connectivity index (χ4v) is 12.3. The quantitative estimate of drug-likeness (QED) is 0.0471. The molecular weight excluding hydrogens is 945 g/mol. The first-order valence-electron chi connectivity index (χ1n) is 20.8. The van der Waals surface area contributed by atoms with E-state index in [0.29, 0.717) is 71.0 Å². The van der Waals surface area contributed by atoms with Gasteiger partial charge in [-0.1, -0.05) is 39.5 Å². The molecule has 0 amide bonds. The van der Waals surface area contributed by atoms with Gasteiger partial charge in [0.2, 0.25) is 11.7 Å². The predicted octanol–water partition coefficient (Wildman–Crippen LogP) is 11.1. The lowest BCUT2D eigenvalue weighted by Gasteiger charge is -2.28. The summed E-state index contributed by atoms with van der Waals surface area (Å²) in [6, 6.07) is 17.6. The van der Waals surface area contributed by atoms with Crippen molar-refractivity contribution in [3.05, 3.63) is 109 Å². The third-order valence-electron chi connectivity index (χ3n) is 10.7. The van der Waals surface area contributed by atoms with Gasteiger partial charge in [0, 0.05) is 36.6 Å². The summed E-state index contributed by atoms with van der Waals surface area (Å²) in [6.07, 6.45) is 9.39. The van der Waals surface area contributed by atoms with Crippen LogP contribution in [0.2, 0.25) is 0 Å². The highest BCUT2D eigenvalue weighted by Crippen LogP contribution is 2.45. The number of sulfone groups is 2. The van der Waals surface area contributed by atoms with Gasteiger partial charge in [0.25, 0.3) is 0 Å². The van der Waals surface area contributed by atoms with Crippen LogP contribution in [0.15, 0.2) is 117 Å². The molecule has 2 aliphatic rings. The molecule has 2 atom stereocenters. The van der Waals surface area contributed by atoms with Crippen molar-refractivity contribution in [3.63, 3.8) is 0 Å². The van der Waals surface area contributed by atoms with Crippen LogP contribution in [0.5, 0.6) is 11.5 Å². The van der Waals surface area contributed by atoms with E-state index in [9.17, 15) is 44.0 Å². The average Bonchev–Trinajstić information content (AvgIpc) is 3.47. The van der Waals surface area contributed by atoms with Gasteiger partial charge in [0.1, 0.15) is 35.7 Å². The number of anilines is 4. The predicted molar refractivity (Wildman–Crippen MR) is 248 cm³/mol. The van der Waals surface area contributed by atoms with Crippen LogP contribution >= 0.6 is 23.5 Å². The summed E-state index contributed by atoms with van der Waals surface area (Å²) in [6.45, 7) is 4.94. The number of thioether (sulfide) groups is 2. The van der Waals surface area contributed by atoms with E-state index >= 15 is 0 Å². The number of carbonyl (C=O) groups is 2. The number of fused-ring (bicyclic) bond motifs is 2. The number of ether oxygens (including phenoxy) is 2. The molecular formula is C46H50F4N2O10S4. The number of nitrogens with zero attached hydrogens (tertiary/aromatic N) is 2. The van der Waals surface area contributed by atoms with E-state index < -0.39 is 54.9 Å². The summed E-state index contributed by atoms with van der Waals surface area (Å²) in [5, 5.41) is 17.4. The van der Waals surface area contributed by atoms with Crippen molar-refractivity contribution in [2.75, 3.05) is 46.9 Å². The van der Waals surface area contributed by atoms with E-state index in [1.807, 2.05) is 23.6 Å². The van der Waals surface area contributed by atoms with E-state index in [-0.39, 0.29) is 44.6 Å². The molecule has 2 N–H and O–H groups in total. The minimum atomic E-state index is -3.75.